The lowest BCUT2D eigenvalue weighted by molar-refractivity contribution is -0.364. The Morgan fingerprint density at radius 3 is 2.67 bits per heavy atom. The van der Waals surface area contributed by atoms with E-state index >= 15 is 0 Å². The van der Waals surface area contributed by atoms with E-state index in [1.807, 2.05) is 30.3 Å². The fourth-order valence-corrected chi connectivity index (χ4v) is 0.961. The molecule has 0 spiro atoms. The van der Waals surface area contributed by atoms with E-state index in [0.29, 0.717) is 5.90 Å². The maximum atomic E-state index is 10.0. The highest BCUT2D eigenvalue weighted by molar-refractivity contribution is 7.18. The second-order valence-electron chi connectivity index (χ2n) is 2.21. The maximum absolute atomic E-state index is 10.0. The molecule has 4 heteroatoms. The van der Waals surface area contributed by atoms with Gasteiger partial charge in [-0.2, -0.15) is 4.99 Å². The van der Waals surface area contributed by atoms with E-state index < -0.39 is 0 Å². The van der Waals surface area contributed by atoms with Crippen molar-refractivity contribution >= 4 is 20.3 Å². The van der Waals surface area contributed by atoms with Crippen LogP contribution in [0.1, 0.15) is 6.92 Å². The van der Waals surface area contributed by atoms with Gasteiger partial charge in [0, 0.05) is 12.1 Å². The molecular formula is C8H9NO2P+. The van der Waals surface area contributed by atoms with Gasteiger partial charge >= 0.3 is 14.6 Å². The smallest absolute Gasteiger partial charge is 0.354 e. The summed E-state index contributed by atoms with van der Waals surface area (Å²) in [6, 6.07) is 9.53. The Hall–Kier alpha value is -1.21. The molecule has 0 atom stereocenters. The molecule has 0 fully saturated rings. The lowest BCUT2D eigenvalue weighted by atomic mass is 10.3. The zero-order valence-electron chi connectivity index (χ0n) is 6.65. The number of hydrogen-bond donors (Lipinski definition) is 1. The second-order valence-corrected chi connectivity index (χ2v) is 2.54. The Balaban J connectivity index is 2.74. The van der Waals surface area contributed by atoms with Crippen LogP contribution in [0.2, 0.25) is 0 Å². The van der Waals surface area contributed by atoms with Crippen molar-refractivity contribution in [1.29, 1.82) is 0 Å². The topological polar surface area (TPSA) is 40.3 Å². The van der Waals surface area contributed by atoms with Crippen molar-refractivity contribution in [3.63, 3.8) is 0 Å². The average molecular weight is 182 g/mol. The van der Waals surface area contributed by atoms with E-state index in [4.69, 9.17) is 0 Å². The number of nitrogens with one attached hydrogen (secondary N) is 1. The average Bonchev–Trinajstić information content (AvgIpc) is 2.06. The summed E-state index contributed by atoms with van der Waals surface area (Å²) in [4.78, 5) is 2.93. The molecule has 1 aromatic rings. The highest BCUT2D eigenvalue weighted by atomic mass is 31.1. The molecule has 0 aliphatic carbocycles. The van der Waals surface area contributed by atoms with E-state index in [-0.39, 0.29) is 8.69 Å². The van der Waals surface area contributed by atoms with Crippen LogP contribution in [0.25, 0.3) is 0 Å². The summed E-state index contributed by atoms with van der Waals surface area (Å²) in [5.41, 5.74) is 0.915. The Labute approximate surface area is 72.4 Å². The summed E-state index contributed by atoms with van der Waals surface area (Å²) in [5.74, 6) is 0.512. The minimum Gasteiger partial charge on any atom is -0.354 e. The second kappa shape index (κ2) is 4.62. The van der Waals surface area contributed by atoms with E-state index in [2.05, 4.69) is 9.52 Å². The summed E-state index contributed by atoms with van der Waals surface area (Å²) in [6.45, 7) is 1.71. The Morgan fingerprint density at radius 1 is 1.42 bits per heavy atom. The molecule has 1 rings (SSSR count). The third-order valence-corrected chi connectivity index (χ3v) is 1.62. The van der Waals surface area contributed by atoms with E-state index in [1.165, 1.54) is 0 Å². The highest BCUT2D eigenvalue weighted by Crippen LogP contribution is 1.96. The zero-order valence-corrected chi connectivity index (χ0v) is 7.54. The van der Waals surface area contributed by atoms with Crippen molar-refractivity contribution in [3.05, 3.63) is 30.3 Å². The minimum atomic E-state index is -0.340. The van der Waals surface area contributed by atoms with Crippen LogP contribution in [0.15, 0.2) is 30.3 Å². The van der Waals surface area contributed by atoms with Gasteiger partial charge in [0.2, 0.25) is 5.69 Å². The van der Waals surface area contributed by atoms with Gasteiger partial charge in [0.15, 0.2) is 0 Å². The molecule has 0 bridgehead atoms. The molecule has 0 aliphatic rings. The van der Waals surface area contributed by atoms with Crippen molar-refractivity contribution in [2.24, 2.45) is 0 Å². The molecule has 12 heavy (non-hydrogen) atoms. The van der Waals surface area contributed by atoms with Crippen LogP contribution in [-0.2, 0) is 9.09 Å². The lowest BCUT2D eigenvalue weighted by Gasteiger charge is -1.87. The van der Waals surface area contributed by atoms with Crippen LogP contribution in [0.4, 0.5) is 5.69 Å². The van der Waals surface area contributed by atoms with Crippen LogP contribution >= 0.6 is 8.69 Å². The van der Waals surface area contributed by atoms with Crippen LogP contribution in [0.5, 0.6) is 0 Å². The zero-order chi connectivity index (χ0) is 8.81. The third kappa shape index (κ3) is 2.81. The Morgan fingerprint density at radius 2 is 2.08 bits per heavy atom. The van der Waals surface area contributed by atoms with Gasteiger partial charge in [-0.05, 0) is 0 Å². The van der Waals surface area contributed by atoms with Crippen LogP contribution < -0.4 is 4.99 Å². The van der Waals surface area contributed by atoms with Gasteiger partial charge in [0.25, 0.3) is 0 Å². The number of benzene rings is 1. The van der Waals surface area contributed by atoms with E-state index in [1.54, 1.807) is 6.92 Å². The first-order valence-electron chi connectivity index (χ1n) is 3.48. The standard InChI is InChI=1S/C8H8NO2P/c1-7(11-12-10)9-8-5-3-2-4-6-8/h2-6H,1H3/p+1. The van der Waals surface area contributed by atoms with Gasteiger partial charge in [-0.15, -0.1) is 0 Å². The summed E-state index contributed by atoms with van der Waals surface area (Å²) in [6.07, 6.45) is 0. The van der Waals surface area contributed by atoms with Crippen molar-refractivity contribution in [3.8, 4) is 0 Å². The molecule has 0 saturated carbocycles. The van der Waals surface area contributed by atoms with Crippen molar-refractivity contribution in [2.75, 3.05) is 0 Å². The molecular weight excluding hydrogens is 173 g/mol. The Kier molecular flexibility index (Phi) is 3.42. The molecule has 0 amide bonds. The van der Waals surface area contributed by atoms with Gasteiger partial charge in [-0.1, -0.05) is 18.2 Å². The molecule has 0 radical (unpaired) electrons. The van der Waals surface area contributed by atoms with Crippen molar-refractivity contribution in [1.82, 2.24) is 0 Å². The first-order valence-corrected chi connectivity index (χ1v) is 4.21. The highest BCUT2D eigenvalue weighted by Gasteiger charge is 1.99. The van der Waals surface area contributed by atoms with E-state index in [9.17, 15) is 4.57 Å². The quantitative estimate of drug-likeness (QED) is 0.421. The Bertz CT molecular complexity index is 284. The largest absolute Gasteiger partial charge is 0.400 e. The summed E-state index contributed by atoms with van der Waals surface area (Å²) >= 11 is 0. The molecule has 0 aliphatic heterocycles. The molecule has 62 valence electrons. The van der Waals surface area contributed by atoms with Crippen LogP contribution in [0, 0.1) is 0 Å². The predicted octanol–water partition coefficient (Wildman–Crippen LogP) is 1.04. The van der Waals surface area contributed by atoms with Crippen molar-refractivity contribution < 1.29 is 14.1 Å². The first-order chi connectivity index (χ1) is 5.83. The lowest BCUT2D eigenvalue weighted by Crippen LogP contribution is -2.65. The maximum Gasteiger partial charge on any atom is 0.400 e. The monoisotopic (exact) mass is 182 g/mol. The molecule has 0 heterocycles. The third-order valence-electron chi connectivity index (χ3n) is 1.27. The van der Waals surface area contributed by atoms with Gasteiger partial charge in [0.05, 0.1) is 6.92 Å². The fraction of sp³-hybridized carbons (Fsp3) is 0.125. The fourth-order valence-electron chi connectivity index (χ4n) is 0.803. The van der Waals surface area contributed by atoms with Crippen LogP contribution in [0.3, 0.4) is 0 Å². The van der Waals surface area contributed by atoms with Gasteiger partial charge < -0.3 is 4.52 Å². The summed E-state index contributed by atoms with van der Waals surface area (Å²) < 4.78 is 14.7. The van der Waals surface area contributed by atoms with Gasteiger partial charge in [-0.3, -0.25) is 0 Å². The minimum absolute atomic E-state index is 0.340. The predicted molar refractivity (Wildman–Crippen MR) is 46.4 cm³/mol. The molecule has 0 unspecified atom stereocenters. The summed E-state index contributed by atoms with van der Waals surface area (Å²) in [5, 5.41) is 0. The molecule has 1 aromatic carbocycles. The van der Waals surface area contributed by atoms with Gasteiger partial charge in [-0.25, -0.2) is 4.57 Å². The van der Waals surface area contributed by atoms with Gasteiger partial charge in [0.1, 0.15) is 0 Å². The van der Waals surface area contributed by atoms with E-state index in [0.717, 1.165) is 5.69 Å². The number of hydrogen-bond acceptors (Lipinski definition) is 2. The van der Waals surface area contributed by atoms with Crippen LogP contribution in [-0.4, -0.2) is 5.90 Å². The molecule has 3 nitrogen and oxygen atoms in total. The summed E-state index contributed by atoms with van der Waals surface area (Å²) in [7, 11) is -0.340. The number of para-hydroxylation sites is 1. The SMILES string of the molecule is CC(=[NH+]c1ccccc1)OP=O. The first kappa shape index (κ1) is 8.88. The number of rotatable bonds is 2. The molecule has 0 aromatic heterocycles. The normalized spacial score (nSPS) is 11.6. The molecule has 1 N–H and O–H groups in total. The van der Waals surface area contributed by atoms with Crippen molar-refractivity contribution in [2.45, 2.75) is 6.92 Å². The molecule has 0 saturated heterocycles.